The van der Waals surface area contributed by atoms with Crippen LogP contribution >= 0.6 is 0 Å². The van der Waals surface area contributed by atoms with E-state index < -0.39 is 10.0 Å². The van der Waals surface area contributed by atoms with Gasteiger partial charge in [0.05, 0.1) is 7.11 Å². The van der Waals surface area contributed by atoms with Gasteiger partial charge in [-0.1, -0.05) is 44.2 Å². The summed E-state index contributed by atoms with van der Waals surface area (Å²) in [5.74, 6) is 1.23. The molecule has 0 saturated carbocycles. The molecule has 4 nitrogen and oxygen atoms in total. The van der Waals surface area contributed by atoms with E-state index in [1.807, 2.05) is 25.1 Å². The average Bonchev–Trinajstić information content (AvgIpc) is 2.68. The van der Waals surface area contributed by atoms with Gasteiger partial charge in [-0.25, -0.2) is 8.42 Å². The van der Waals surface area contributed by atoms with Gasteiger partial charge in [-0.15, -0.1) is 0 Å². The molecule has 0 atom stereocenters. The Morgan fingerprint density at radius 3 is 2.32 bits per heavy atom. The highest BCUT2D eigenvalue weighted by molar-refractivity contribution is 7.89. The molecular formula is C23H31NO3S. The first-order valence-corrected chi connectivity index (χ1v) is 11.5. The number of hydrogen-bond donors (Lipinski definition) is 0. The van der Waals surface area contributed by atoms with Gasteiger partial charge >= 0.3 is 0 Å². The van der Waals surface area contributed by atoms with Crippen LogP contribution in [0.25, 0.3) is 0 Å². The second kappa shape index (κ2) is 8.66. The number of sulfonamides is 1. The van der Waals surface area contributed by atoms with Gasteiger partial charge < -0.3 is 4.74 Å². The Labute approximate surface area is 169 Å². The molecule has 1 heterocycles. The molecule has 152 valence electrons. The Morgan fingerprint density at radius 1 is 1.11 bits per heavy atom. The van der Waals surface area contributed by atoms with Crippen LogP contribution in [0.4, 0.5) is 0 Å². The van der Waals surface area contributed by atoms with Gasteiger partial charge in [-0.05, 0) is 66.8 Å². The van der Waals surface area contributed by atoms with Crippen molar-refractivity contribution in [1.82, 2.24) is 4.31 Å². The summed E-state index contributed by atoms with van der Waals surface area (Å²) < 4.78 is 33.8. The van der Waals surface area contributed by atoms with E-state index in [0.29, 0.717) is 29.7 Å². The van der Waals surface area contributed by atoms with Gasteiger partial charge in [0, 0.05) is 13.1 Å². The van der Waals surface area contributed by atoms with Crippen LogP contribution in [0.2, 0.25) is 0 Å². The maximum absolute atomic E-state index is 13.4. The van der Waals surface area contributed by atoms with Crippen molar-refractivity contribution in [2.75, 3.05) is 20.2 Å². The average molecular weight is 402 g/mol. The molecule has 1 fully saturated rings. The van der Waals surface area contributed by atoms with E-state index in [9.17, 15) is 8.42 Å². The summed E-state index contributed by atoms with van der Waals surface area (Å²) in [5.41, 5.74) is 3.44. The molecule has 0 N–H and O–H groups in total. The predicted octanol–water partition coefficient (Wildman–Crippen LogP) is 4.77. The topological polar surface area (TPSA) is 46.6 Å². The molecule has 0 radical (unpaired) electrons. The number of aryl methyl sites for hydroxylation is 1. The largest absolute Gasteiger partial charge is 0.495 e. The van der Waals surface area contributed by atoms with Crippen molar-refractivity contribution in [3.8, 4) is 5.75 Å². The second-order valence-electron chi connectivity index (χ2n) is 8.05. The zero-order valence-corrected chi connectivity index (χ0v) is 18.1. The van der Waals surface area contributed by atoms with Crippen LogP contribution in [0.5, 0.6) is 5.75 Å². The van der Waals surface area contributed by atoms with Gasteiger partial charge in [0.25, 0.3) is 0 Å². The monoisotopic (exact) mass is 401 g/mol. The molecule has 1 aliphatic heterocycles. The Morgan fingerprint density at radius 2 is 1.75 bits per heavy atom. The molecule has 0 aliphatic carbocycles. The van der Waals surface area contributed by atoms with Crippen LogP contribution in [-0.2, 0) is 16.4 Å². The Hall–Kier alpha value is -1.85. The van der Waals surface area contributed by atoms with Gasteiger partial charge in [0.2, 0.25) is 10.0 Å². The van der Waals surface area contributed by atoms with Crippen molar-refractivity contribution in [3.63, 3.8) is 0 Å². The van der Waals surface area contributed by atoms with Crippen molar-refractivity contribution in [2.24, 2.45) is 5.92 Å². The summed E-state index contributed by atoms with van der Waals surface area (Å²) in [6, 6.07) is 14.1. The van der Waals surface area contributed by atoms with Gasteiger partial charge in [0.15, 0.2) is 0 Å². The van der Waals surface area contributed by atoms with Crippen LogP contribution in [0.3, 0.4) is 0 Å². The molecule has 0 amide bonds. The van der Waals surface area contributed by atoms with E-state index in [1.165, 1.54) is 12.7 Å². The first kappa shape index (κ1) is 20.9. The molecule has 1 aliphatic rings. The number of hydrogen-bond acceptors (Lipinski definition) is 3. The van der Waals surface area contributed by atoms with E-state index in [0.717, 1.165) is 30.4 Å². The van der Waals surface area contributed by atoms with Crippen molar-refractivity contribution in [3.05, 3.63) is 59.2 Å². The summed E-state index contributed by atoms with van der Waals surface area (Å²) in [5, 5.41) is 0. The molecule has 0 spiro atoms. The molecular weight excluding hydrogens is 370 g/mol. The second-order valence-corrected chi connectivity index (χ2v) is 9.96. The lowest BCUT2D eigenvalue weighted by Gasteiger charge is -2.32. The maximum atomic E-state index is 13.4. The summed E-state index contributed by atoms with van der Waals surface area (Å²) >= 11 is 0. The minimum absolute atomic E-state index is 0.261. The predicted molar refractivity (Wildman–Crippen MR) is 113 cm³/mol. The summed E-state index contributed by atoms with van der Waals surface area (Å²) in [6.07, 6.45) is 2.79. The Balaban J connectivity index is 1.78. The normalized spacial score (nSPS) is 16.5. The zero-order valence-electron chi connectivity index (χ0n) is 17.3. The lowest BCUT2D eigenvalue weighted by molar-refractivity contribution is 0.272. The van der Waals surface area contributed by atoms with E-state index in [4.69, 9.17) is 4.74 Å². The van der Waals surface area contributed by atoms with Crippen LogP contribution in [0, 0.1) is 12.8 Å². The van der Waals surface area contributed by atoms with Gasteiger partial charge in [0.1, 0.15) is 10.6 Å². The van der Waals surface area contributed by atoms with E-state index >= 15 is 0 Å². The zero-order chi connectivity index (χ0) is 20.3. The molecule has 0 unspecified atom stereocenters. The molecule has 3 rings (SSSR count). The standard InChI is InChI=1S/C23H31NO3S/c1-17(2)21-16-23(22(27-4)14-18(21)3)28(25,26)24-12-10-20(11-13-24)15-19-8-6-5-7-9-19/h5-9,14,16-17,20H,10-13,15H2,1-4H3. The fraction of sp³-hybridized carbons (Fsp3) is 0.478. The number of benzene rings is 2. The smallest absolute Gasteiger partial charge is 0.246 e. The van der Waals surface area contributed by atoms with Gasteiger partial charge in [-0.3, -0.25) is 0 Å². The lowest BCUT2D eigenvalue weighted by atomic mass is 9.91. The number of rotatable bonds is 6. The molecule has 1 saturated heterocycles. The van der Waals surface area contributed by atoms with Gasteiger partial charge in [-0.2, -0.15) is 4.31 Å². The van der Waals surface area contributed by atoms with Crippen molar-refractivity contribution in [1.29, 1.82) is 0 Å². The first-order chi connectivity index (χ1) is 13.3. The molecule has 28 heavy (non-hydrogen) atoms. The number of piperidine rings is 1. The number of methoxy groups -OCH3 is 1. The van der Waals surface area contributed by atoms with E-state index in [-0.39, 0.29) is 5.92 Å². The van der Waals surface area contributed by atoms with Crippen LogP contribution in [-0.4, -0.2) is 32.9 Å². The lowest BCUT2D eigenvalue weighted by Crippen LogP contribution is -2.39. The molecule has 2 aromatic rings. The minimum atomic E-state index is -3.57. The SMILES string of the molecule is COc1cc(C)c(C(C)C)cc1S(=O)(=O)N1CCC(Cc2ccccc2)CC1. The summed E-state index contributed by atoms with van der Waals surface area (Å²) in [6.45, 7) is 7.30. The fourth-order valence-corrected chi connectivity index (χ4v) is 5.74. The maximum Gasteiger partial charge on any atom is 0.246 e. The van der Waals surface area contributed by atoms with Crippen LogP contribution in [0.15, 0.2) is 47.4 Å². The van der Waals surface area contributed by atoms with Crippen molar-refractivity contribution in [2.45, 2.75) is 50.8 Å². The molecule has 0 aromatic heterocycles. The van der Waals surface area contributed by atoms with E-state index in [1.54, 1.807) is 4.31 Å². The van der Waals surface area contributed by atoms with E-state index in [2.05, 4.69) is 38.1 Å². The number of nitrogens with zero attached hydrogens (tertiary/aromatic N) is 1. The minimum Gasteiger partial charge on any atom is -0.495 e. The highest BCUT2D eigenvalue weighted by atomic mass is 32.2. The molecule has 5 heteroatoms. The van der Waals surface area contributed by atoms with Crippen molar-refractivity contribution < 1.29 is 13.2 Å². The van der Waals surface area contributed by atoms with Crippen molar-refractivity contribution >= 4 is 10.0 Å². The highest BCUT2D eigenvalue weighted by Gasteiger charge is 2.32. The highest BCUT2D eigenvalue weighted by Crippen LogP contribution is 2.34. The Bertz CT molecular complexity index is 899. The molecule has 2 aromatic carbocycles. The fourth-order valence-electron chi connectivity index (χ4n) is 4.10. The van der Waals surface area contributed by atoms with Crippen LogP contribution < -0.4 is 4.74 Å². The number of ether oxygens (including phenoxy) is 1. The third kappa shape index (κ3) is 4.41. The third-order valence-electron chi connectivity index (χ3n) is 5.73. The summed E-state index contributed by atoms with van der Waals surface area (Å²) in [4.78, 5) is 0.297. The first-order valence-electron chi connectivity index (χ1n) is 10.1. The Kier molecular flexibility index (Phi) is 6.46. The summed E-state index contributed by atoms with van der Waals surface area (Å²) in [7, 11) is -2.03. The molecule has 0 bridgehead atoms. The third-order valence-corrected chi connectivity index (χ3v) is 7.65. The van der Waals surface area contributed by atoms with Crippen LogP contribution in [0.1, 0.15) is 49.3 Å². The quantitative estimate of drug-likeness (QED) is 0.700.